The van der Waals surface area contributed by atoms with Crippen molar-refractivity contribution < 1.29 is 9.90 Å². The third-order valence-electron chi connectivity index (χ3n) is 2.10. The average Bonchev–Trinajstić information content (AvgIpc) is 2.37. The Labute approximate surface area is 100 Å². The molecule has 0 unspecified atom stereocenters. The topological polar surface area (TPSA) is 73.1 Å². The van der Waals surface area contributed by atoms with Crippen molar-refractivity contribution in [3.63, 3.8) is 0 Å². The molecular weight excluding hydrogens is 216 g/mol. The summed E-state index contributed by atoms with van der Waals surface area (Å²) in [5, 5.41) is 19.8. The van der Waals surface area contributed by atoms with E-state index >= 15 is 0 Å². The molecule has 0 atom stereocenters. The number of rotatable bonds is 5. The molecule has 0 fully saturated rings. The van der Waals surface area contributed by atoms with Gasteiger partial charge < -0.3 is 10.4 Å². The van der Waals surface area contributed by atoms with Gasteiger partial charge in [0.1, 0.15) is 0 Å². The predicted octanol–water partition coefficient (Wildman–Crippen LogP) is 1.07. The van der Waals surface area contributed by atoms with E-state index in [2.05, 4.69) is 5.32 Å². The monoisotopic (exact) mass is 230 g/mol. The normalized spacial score (nSPS) is 10.1. The van der Waals surface area contributed by atoms with Gasteiger partial charge in [0.25, 0.3) is 0 Å². The van der Waals surface area contributed by atoms with Crippen LogP contribution in [0.25, 0.3) is 6.08 Å². The average molecular weight is 230 g/mol. The molecule has 0 aromatic heterocycles. The van der Waals surface area contributed by atoms with E-state index in [-0.39, 0.29) is 12.5 Å². The Bertz CT molecular complexity index is 430. The van der Waals surface area contributed by atoms with Crippen molar-refractivity contribution in [1.29, 1.82) is 5.26 Å². The van der Waals surface area contributed by atoms with Gasteiger partial charge in [-0.1, -0.05) is 12.1 Å². The molecule has 1 aromatic carbocycles. The number of nitrogens with one attached hydrogen (secondary N) is 1. The van der Waals surface area contributed by atoms with Crippen LogP contribution in [0, 0.1) is 11.3 Å². The Morgan fingerprint density at radius 3 is 2.71 bits per heavy atom. The highest BCUT2D eigenvalue weighted by Gasteiger charge is 1.94. The molecule has 0 aliphatic heterocycles. The molecule has 0 saturated heterocycles. The quantitative estimate of drug-likeness (QED) is 0.587. The maximum atomic E-state index is 11.3. The third kappa shape index (κ3) is 4.96. The van der Waals surface area contributed by atoms with Gasteiger partial charge in [0, 0.05) is 19.2 Å². The summed E-state index contributed by atoms with van der Waals surface area (Å²) in [7, 11) is 0. The number of benzene rings is 1. The molecule has 0 heterocycles. The molecule has 0 bridgehead atoms. The van der Waals surface area contributed by atoms with Gasteiger partial charge >= 0.3 is 0 Å². The van der Waals surface area contributed by atoms with Gasteiger partial charge in [0.05, 0.1) is 11.6 Å². The summed E-state index contributed by atoms with van der Waals surface area (Å²) in [6.45, 7) is 0.534. The minimum absolute atomic E-state index is 0.0691. The summed E-state index contributed by atoms with van der Waals surface area (Å²) in [6, 6.07) is 8.97. The fraction of sp³-hybridized carbons (Fsp3) is 0.231. The van der Waals surface area contributed by atoms with Crippen LogP contribution in [0.15, 0.2) is 30.3 Å². The molecule has 17 heavy (non-hydrogen) atoms. The lowest BCUT2D eigenvalue weighted by Crippen LogP contribution is -2.22. The first-order valence-electron chi connectivity index (χ1n) is 5.33. The van der Waals surface area contributed by atoms with E-state index in [4.69, 9.17) is 10.4 Å². The Hall–Kier alpha value is -2.12. The number of aliphatic hydroxyl groups is 1. The van der Waals surface area contributed by atoms with E-state index in [1.807, 2.05) is 6.07 Å². The van der Waals surface area contributed by atoms with Crippen LogP contribution in [0.2, 0.25) is 0 Å². The highest BCUT2D eigenvalue weighted by atomic mass is 16.3. The molecule has 0 aliphatic carbocycles. The summed E-state index contributed by atoms with van der Waals surface area (Å²) in [5.41, 5.74) is 1.45. The summed E-state index contributed by atoms with van der Waals surface area (Å²) in [5.74, 6) is -0.192. The van der Waals surface area contributed by atoms with Crippen LogP contribution in [0.4, 0.5) is 0 Å². The Morgan fingerprint density at radius 2 is 2.12 bits per heavy atom. The highest BCUT2D eigenvalue weighted by Crippen LogP contribution is 2.04. The first-order valence-corrected chi connectivity index (χ1v) is 5.33. The van der Waals surface area contributed by atoms with Crippen molar-refractivity contribution >= 4 is 12.0 Å². The van der Waals surface area contributed by atoms with Gasteiger partial charge in [0.15, 0.2) is 0 Å². The Morgan fingerprint density at radius 1 is 1.41 bits per heavy atom. The summed E-state index contributed by atoms with van der Waals surface area (Å²) in [4.78, 5) is 11.3. The van der Waals surface area contributed by atoms with Crippen LogP contribution in [0.3, 0.4) is 0 Å². The van der Waals surface area contributed by atoms with Gasteiger partial charge in [-0.25, -0.2) is 0 Å². The van der Waals surface area contributed by atoms with Gasteiger partial charge in [-0.05, 0) is 30.2 Å². The highest BCUT2D eigenvalue weighted by molar-refractivity contribution is 5.91. The first-order chi connectivity index (χ1) is 8.26. The molecule has 0 spiro atoms. The minimum atomic E-state index is -0.192. The van der Waals surface area contributed by atoms with E-state index in [1.54, 1.807) is 30.3 Å². The van der Waals surface area contributed by atoms with Crippen LogP contribution in [-0.2, 0) is 4.79 Å². The predicted molar refractivity (Wildman–Crippen MR) is 64.9 cm³/mol. The fourth-order valence-corrected chi connectivity index (χ4v) is 1.19. The van der Waals surface area contributed by atoms with Gasteiger partial charge in [-0.15, -0.1) is 0 Å². The van der Waals surface area contributed by atoms with E-state index in [1.165, 1.54) is 6.08 Å². The van der Waals surface area contributed by atoms with E-state index < -0.39 is 0 Å². The summed E-state index contributed by atoms with van der Waals surface area (Å²) >= 11 is 0. The number of nitrogens with zero attached hydrogens (tertiary/aromatic N) is 1. The molecule has 88 valence electrons. The third-order valence-corrected chi connectivity index (χ3v) is 2.10. The number of hydrogen-bond donors (Lipinski definition) is 2. The molecule has 4 heteroatoms. The van der Waals surface area contributed by atoms with Gasteiger partial charge in [-0.3, -0.25) is 4.79 Å². The van der Waals surface area contributed by atoms with Crippen molar-refractivity contribution in [3.05, 3.63) is 41.5 Å². The van der Waals surface area contributed by atoms with Crippen LogP contribution in [-0.4, -0.2) is 24.2 Å². The largest absolute Gasteiger partial charge is 0.396 e. The zero-order valence-electron chi connectivity index (χ0n) is 9.39. The summed E-state index contributed by atoms with van der Waals surface area (Å²) in [6.07, 6.45) is 3.66. The van der Waals surface area contributed by atoms with Crippen LogP contribution < -0.4 is 5.32 Å². The maximum Gasteiger partial charge on any atom is 0.244 e. The van der Waals surface area contributed by atoms with Gasteiger partial charge in [0.2, 0.25) is 5.91 Å². The van der Waals surface area contributed by atoms with Crippen LogP contribution >= 0.6 is 0 Å². The van der Waals surface area contributed by atoms with Crippen LogP contribution in [0.1, 0.15) is 17.5 Å². The second-order valence-corrected chi connectivity index (χ2v) is 3.44. The van der Waals surface area contributed by atoms with Crippen molar-refractivity contribution in [2.24, 2.45) is 0 Å². The number of hydrogen-bond acceptors (Lipinski definition) is 3. The molecule has 0 saturated carbocycles. The second-order valence-electron chi connectivity index (χ2n) is 3.44. The summed E-state index contributed by atoms with van der Waals surface area (Å²) < 4.78 is 0. The standard InChI is InChI=1S/C13H14N2O2/c14-10-12-4-2-11(3-5-12)6-7-13(17)15-8-1-9-16/h2-7,16H,1,8-9H2,(H,15,17)/b7-6+. The Balaban J connectivity index is 2.47. The minimum Gasteiger partial charge on any atom is -0.396 e. The van der Waals surface area contributed by atoms with E-state index in [9.17, 15) is 4.79 Å². The zero-order valence-corrected chi connectivity index (χ0v) is 9.39. The number of carbonyl (C=O) groups is 1. The molecular formula is C13H14N2O2. The maximum absolute atomic E-state index is 11.3. The molecule has 4 nitrogen and oxygen atoms in total. The van der Waals surface area contributed by atoms with Gasteiger partial charge in [-0.2, -0.15) is 5.26 Å². The first kappa shape index (κ1) is 12.9. The number of nitriles is 1. The molecule has 0 aliphatic rings. The molecule has 0 radical (unpaired) electrons. The van der Waals surface area contributed by atoms with Crippen molar-refractivity contribution in [3.8, 4) is 6.07 Å². The molecule has 1 rings (SSSR count). The van der Waals surface area contributed by atoms with Crippen molar-refractivity contribution in [2.75, 3.05) is 13.2 Å². The van der Waals surface area contributed by atoms with Crippen molar-refractivity contribution in [2.45, 2.75) is 6.42 Å². The lowest BCUT2D eigenvalue weighted by molar-refractivity contribution is -0.116. The fourth-order valence-electron chi connectivity index (χ4n) is 1.19. The lowest BCUT2D eigenvalue weighted by Gasteiger charge is -1.99. The molecule has 2 N–H and O–H groups in total. The molecule has 1 aromatic rings. The van der Waals surface area contributed by atoms with E-state index in [0.29, 0.717) is 18.5 Å². The zero-order chi connectivity index (χ0) is 12.5. The second kappa shape index (κ2) is 7.20. The smallest absolute Gasteiger partial charge is 0.244 e. The SMILES string of the molecule is N#Cc1ccc(/C=C/C(=O)NCCCO)cc1. The molecule has 1 amide bonds. The number of aliphatic hydroxyl groups excluding tert-OH is 1. The van der Waals surface area contributed by atoms with Crippen LogP contribution in [0.5, 0.6) is 0 Å². The number of carbonyl (C=O) groups excluding carboxylic acids is 1. The lowest BCUT2D eigenvalue weighted by atomic mass is 10.1. The Kier molecular flexibility index (Phi) is 5.49. The number of amides is 1. The van der Waals surface area contributed by atoms with E-state index in [0.717, 1.165) is 5.56 Å². The van der Waals surface area contributed by atoms with Crippen molar-refractivity contribution in [1.82, 2.24) is 5.32 Å².